The van der Waals surface area contributed by atoms with Crippen LogP contribution in [0.2, 0.25) is 0 Å². The van der Waals surface area contributed by atoms with Crippen LogP contribution in [0.25, 0.3) is 0 Å². The Balaban J connectivity index is 1.95. The molecule has 1 aromatic carbocycles. The first-order valence-corrected chi connectivity index (χ1v) is 6.56. The van der Waals surface area contributed by atoms with E-state index in [4.69, 9.17) is 5.73 Å². The van der Waals surface area contributed by atoms with Crippen LogP contribution in [0.3, 0.4) is 0 Å². The summed E-state index contributed by atoms with van der Waals surface area (Å²) in [6.07, 6.45) is 2.78. The number of fused-ring (bicyclic) bond motifs is 1. The number of aryl methyl sites for hydroxylation is 1. The molecule has 0 radical (unpaired) electrons. The van der Waals surface area contributed by atoms with Gasteiger partial charge in [0.25, 0.3) is 5.91 Å². The fraction of sp³-hybridized carbons (Fsp3) is 0.267. The van der Waals surface area contributed by atoms with Gasteiger partial charge in [0.1, 0.15) is 5.82 Å². The highest BCUT2D eigenvalue weighted by atomic mass is 16.2. The lowest BCUT2D eigenvalue weighted by Crippen LogP contribution is -2.29. The molecule has 98 valence electrons. The van der Waals surface area contributed by atoms with E-state index >= 15 is 0 Å². The summed E-state index contributed by atoms with van der Waals surface area (Å²) >= 11 is 0. The number of carbonyl (C=O) groups is 1. The Kier molecular flexibility index (Phi) is 2.78. The van der Waals surface area contributed by atoms with Gasteiger partial charge >= 0.3 is 0 Å². The summed E-state index contributed by atoms with van der Waals surface area (Å²) < 4.78 is 1.88. The van der Waals surface area contributed by atoms with Gasteiger partial charge in [0.05, 0.1) is 5.56 Å². The molecule has 3 rings (SSSR count). The number of hydrogen-bond acceptors (Lipinski definition) is 2. The summed E-state index contributed by atoms with van der Waals surface area (Å²) in [6.45, 7) is 3.51. The molecule has 0 spiro atoms. The lowest BCUT2D eigenvalue weighted by atomic mass is 10.2. The Hall–Kier alpha value is -2.23. The zero-order chi connectivity index (χ0) is 13.4. The maximum Gasteiger partial charge on any atom is 0.262 e. The maximum atomic E-state index is 12.6. The van der Waals surface area contributed by atoms with E-state index in [0.717, 1.165) is 25.2 Å². The van der Waals surface area contributed by atoms with Gasteiger partial charge in [0.15, 0.2) is 0 Å². The third-order valence-electron chi connectivity index (χ3n) is 3.71. The monoisotopic (exact) mass is 255 g/mol. The van der Waals surface area contributed by atoms with Crippen molar-refractivity contribution in [3.63, 3.8) is 0 Å². The van der Waals surface area contributed by atoms with Crippen LogP contribution in [0.4, 0.5) is 11.5 Å². The minimum absolute atomic E-state index is 0.00495. The van der Waals surface area contributed by atoms with Crippen molar-refractivity contribution in [3.8, 4) is 0 Å². The van der Waals surface area contributed by atoms with Gasteiger partial charge in [-0.05, 0) is 31.0 Å². The first kappa shape index (κ1) is 11.8. The number of amides is 1. The molecule has 2 heterocycles. The number of benzene rings is 1. The maximum absolute atomic E-state index is 12.6. The number of nitrogen functional groups attached to an aromatic ring is 1. The quantitative estimate of drug-likeness (QED) is 0.895. The van der Waals surface area contributed by atoms with Crippen molar-refractivity contribution < 1.29 is 4.79 Å². The van der Waals surface area contributed by atoms with E-state index in [1.807, 2.05) is 46.9 Å². The number of carbonyl (C=O) groups excluding carboxylic acids is 1. The Labute approximate surface area is 112 Å². The molecule has 4 heteroatoms. The summed E-state index contributed by atoms with van der Waals surface area (Å²) in [5.41, 5.74) is 8.85. The highest BCUT2D eigenvalue weighted by molar-refractivity contribution is 6.10. The first-order valence-electron chi connectivity index (χ1n) is 6.56. The molecule has 0 saturated carbocycles. The zero-order valence-electron chi connectivity index (χ0n) is 11.0. The molecule has 1 aliphatic rings. The highest BCUT2D eigenvalue weighted by Gasteiger charge is 2.27. The number of rotatable bonds is 2. The Morgan fingerprint density at radius 1 is 1.32 bits per heavy atom. The molecule has 4 nitrogen and oxygen atoms in total. The Morgan fingerprint density at radius 2 is 2.11 bits per heavy atom. The van der Waals surface area contributed by atoms with E-state index in [1.165, 1.54) is 5.56 Å². The number of nitrogens with two attached hydrogens (primary N) is 1. The highest BCUT2D eigenvalue weighted by Crippen LogP contribution is 2.30. The van der Waals surface area contributed by atoms with Crippen LogP contribution in [-0.2, 0) is 13.0 Å². The van der Waals surface area contributed by atoms with Crippen LogP contribution >= 0.6 is 0 Å². The Bertz CT molecular complexity index is 630. The largest absolute Gasteiger partial charge is 0.384 e. The van der Waals surface area contributed by atoms with Crippen LogP contribution < -0.4 is 10.6 Å². The number of aromatic nitrogens is 1. The molecule has 0 saturated heterocycles. The van der Waals surface area contributed by atoms with E-state index < -0.39 is 0 Å². The Morgan fingerprint density at radius 3 is 2.84 bits per heavy atom. The van der Waals surface area contributed by atoms with Crippen LogP contribution in [0.15, 0.2) is 36.5 Å². The van der Waals surface area contributed by atoms with Crippen molar-refractivity contribution in [1.82, 2.24) is 4.57 Å². The minimum atomic E-state index is -0.00495. The summed E-state index contributed by atoms with van der Waals surface area (Å²) in [5, 5.41) is 0. The first-order chi connectivity index (χ1) is 9.22. The number of nitrogens with zero attached hydrogens (tertiary/aromatic N) is 2. The third kappa shape index (κ3) is 1.80. The van der Waals surface area contributed by atoms with Gasteiger partial charge in [0, 0.05) is 25.0 Å². The SMILES string of the molecule is CCn1ccc(C(=O)N2CCc3ccccc32)c1N. The van der Waals surface area contributed by atoms with Gasteiger partial charge < -0.3 is 15.2 Å². The third-order valence-corrected chi connectivity index (χ3v) is 3.71. The van der Waals surface area contributed by atoms with Crippen LogP contribution in [0.1, 0.15) is 22.8 Å². The van der Waals surface area contributed by atoms with Gasteiger partial charge in [-0.1, -0.05) is 18.2 Å². The van der Waals surface area contributed by atoms with Crippen LogP contribution in [-0.4, -0.2) is 17.0 Å². The number of para-hydroxylation sites is 1. The normalized spacial score (nSPS) is 13.6. The van der Waals surface area contributed by atoms with Gasteiger partial charge in [-0.25, -0.2) is 0 Å². The number of anilines is 2. The molecule has 0 bridgehead atoms. The fourth-order valence-electron chi connectivity index (χ4n) is 2.64. The van der Waals surface area contributed by atoms with Crippen molar-refractivity contribution in [2.24, 2.45) is 0 Å². The summed E-state index contributed by atoms with van der Waals surface area (Å²) in [4.78, 5) is 14.4. The van der Waals surface area contributed by atoms with Crippen molar-refractivity contribution >= 4 is 17.4 Å². The molecule has 1 aromatic heterocycles. The average molecular weight is 255 g/mol. The number of hydrogen-bond donors (Lipinski definition) is 1. The predicted octanol–water partition coefficient (Wildman–Crippen LogP) is 2.29. The van der Waals surface area contributed by atoms with Gasteiger partial charge in [-0.2, -0.15) is 0 Å². The predicted molar refractivity (Wildman–Crippen MR) is 76.3 cm³/mol. The molecular formula is C15H17N3O. The van der Waals surface area contributed by atoms with Gasteiger partial charge in [-0.3, -0.25) is 4.79 Å². The molecular weight excluding hydrogens is 238 g/mol. The average Bonchev–Trinajstić information content (AvgIpc) is 3.01. The van der Waals surface area contributed by atoms with Crippen molar-refractivity contribution in [2.45, 2.75) is 19.9 Å². The molecule has 0 aliphatic carbocycles. The molecule has 19 heavy (non-hydrogen) atoms. The zero-order valence-corrected chi connectivity index (χ0v) is 11.0. The molecule has 2 aromatic rings. The lowest BCUT2D eigenvalue weighted by Gasteiger charge is -2.17. The second-order valence-electron chi connectivity index (χ2n) is 4.74. The molecule has 0 atom stereocenters. The van der Waals surface area contributed by atoms with Gasteiger partial charge in [-0.15, -0.1) is 0 Å². The summed E-state index contributed by atoms with van der Waals surface area (Å²) in [7, 11) is 0. The smallest absolute Gasteiger partial charge is 0.262 e. The standard InChI is InChI=1S/C15H17N3O/c1-2-17-9-8-12(14(17)16)15(19)18-10-7-11-5-3-4-6-13(11)18/h3-6,8-9H,2,7,10,16H2,1H3. The van der Waals surface area contributed by atoms with Crippen LogP contribution in [0, 0.1) is 0 Å². The van der Waals surface area contributed by atoms with E-state index in [0.29, 0.717) is 11.4 Å². The second kappa shape index (κ2) is 4.46. The fourth-order valence-corrected chi connectivity index (χ4v) is 2.64. The van der Waals surface area contributed by atoms with E-state index in [1.54, 1.807) is 0 Å². The van der Waals surface area contributed by atoms with E-state index in [2.05, 4.69) is 6.07 Å². The summed E-state index contributed by atoms with van der Waals surface area (Å²) in [6, 6.07) is 9.85. The summed E-state index contributed by atoms with van der Waals surface area (Å²) in [5.74, 6) is 0.548. The second-order valence-corrected chi connectivity index (χ2v) is 4.74. The van der Waals surface area contributed by atoms with E-state index in [-0.39, 0.29) is 5.91 Å². The molecule has 2 N–H and O–H groups in total. The molecule has 1 aliphatic heterocycles. The lowest BCUT2D eigenvalue weighted by molar-refractivity contribution is 0.0990. The van der Waals surface area contributed by atoms with Gasteiger partial charge in [0.2, 0.25) is 0 Å². The van der Waals surface area contributed by atoms with Crippen molar-refractivity contribution in [2.75, 3.05) is 17.2 Å². The molecule has 1 amide bonds. The van der Waals surface area contributed by atoms with Crippen molar-refractivity contribution in [1.29, 1.82) is 0 Å². The minimum Gasteiger partial charge on any atom is -0.384 e. The molecule has 0 unspecified atom stereocenters. The topological polar surface area (TPSA) is 51.3 Å². The van der Waals surface area contributed by atoms with Crippen molar-refractivity contribution in [3.05, 3.63) is 47.7 Å². The van der Waals surface area contributed by atoms with Crippen LogP contribution in [0.5, 0.6) is 0 Å². The molecule has 0 fully saturated rings. The van der Waals surface area contributed by atoms with E-state index in [9.17, 15) is 4.79 Å².